The molecule has 0 bridgehead atoms. The summed E-state index contributed by atoms with van der Waals surface area (Å²) in [6, 6.07) is 0. The van der Waals surface area contributed by atoms with Crippen LogP contribution in [-0.2, 0) is 0 Å². The van der Waals surface area contributed by atoms with Crippen LogP contribution in [0, 0.1) is 6.92 Å². The third-order valence-corrected chi connectivity index (χ3v) is 3.64. The average Bonchev–Trinajstić information content (AvgIpc) is 2.49. The Morgan fingerprint density at radius 1 is 1.50 bits per heavy atom. The van der Waals surface area contributed by atoms with Gasteiger partial charge in [0.15, 0.2) is 0 Å². The molecule has 14 heavy (non-hydrogen) atoms. The SMILES string of the molecule is CSCCCCNc1snc(N)c1C. The van der Waals surface area contributed by atoms with Crippen LogP contribution in [0.15, 0.2) is 0 Å². The van der Waals surface area contributed by atoms with E-state index in [9.17, 15) is 0 Å². The maximum atomic E-state index is 5.65. The van der Waals surface area contributed by atoms with Crippen molar-refractivity contribution < 1.29 is 0 Å². The summed E-state index contributed by atoms with van der Waals surface area (Å²) in [5.41, 5.74) is 6.73. The Morgan fingerprint density at radius 2 is 2.29 bits per heavy atom. The van der Waals surface area contributed by atoms with E-state index in [-0.39, 0.29) is 0 Å². The molecule has 0 aromatic carbocycles. The lowest BCUT2D eigenvalue weighted by Gasteiger charge is -2.03. The zero-order chi connectivity index (χ0) is 10.4. The first-order valence-corrected chi connectivity index (χ1v) is 6.87. The van der Waals surface area contributed by atoms with Gasteiger partial charge < -0.3 is 11.1 Å². The van der Waals surface area contributed by atoms with Crippen molar-refractivity contribution in [3.05, 3.63) is 5.56 Å². The molecule has 5 heteroatoms. The Kier molecular flexibility index (Phi) is 5.11. The molecule has 0 spiro atoms. The van der Waals surface area contributed by atoms with Gasteiger partial charge >= 0.3 is 0 Å². The maximum absolute atomic E-state index is 5.65. The third kappa shape index (κ3) is 3.38. The van der Waals surface area contributed by atoms with Crippen LogP contribution in [0.25, 0.3) is 0 Å². The largest absolute Gasteiger partial charge is 0.383 e. The summed E-state index contributed by atoms with van der Waals surface area (Å²) in [4.78, 5) is 0. The number of hydrogen-bond donors (Lipinski definition) is 2. The van der Waals surface area contributed by atoms with Gasteiger partial charge in [-0.2, -0.15) is 16.1 Å². The lowest BCUT2D eigenvalue weighted by atomic mass is 10.3. The topological polar surface area (TPSA) is 50.9 Å². The normalized spacial score (nSPS) is 10.4. The molecule has 0 radical (unpaired) electrons. The Balaban J connectivity index is 2.21. The van der Waals surface area contributed by atoms with Gasteiger partial charge in [0.1, 0.15) is 10.8 Å². The van der Waals surface area contributed by atoms with Crippen molar-refractivity contribution in [2.24, 2.45) is 0 Å². The number of nitrogens with two attached hydrogens (primary N) is 1. The minimum atomic E-state index is 0.654. The number of anilines is 2. The van der Waals surface area contributed by atoms with Crippen LogP contribution in [0.1, 0.15) is 18.4 Å². The number of rotatable bonds is 6. The molecule has 0 saturated heterocycles. The first-order valence-electron chi connectivity index (χ1n) is 4.70. The van der Waals surface area contributed by atoms with Crippen molar-refractivity contribution in [2.45, 2.75) is 19.8 Å². The van der Waals surface area contributed by atoms with Crippen LogP contribution in [0.5, 0.6) is 0 Å². The molecule has 0 saturated carbocycles. The molecular formula is C9H17N3S2. The van der Waals surface area contributed by atoms with Crippen LogP contribution in [0.2, 0.25) is 0 Å². The summed E-state index contributed by atoms with van der Waals surface area (Å²) < 4.78 is 4.08. The van der Waals surface area contributed by atoms with E-state index < -0.39 is 0 Å². The Morgan fingerprint density at radius 3 is 2.86 bits per heavy atom. The highest BCUT2D eigenvalue weighted by Crippen LogP contribution is 2.24. The molecule has 0 unspecified atom stereocenters. The minimum absolute atomic E-state index is 0.654. The van der Waals surface area contributed by atoms with Crippen molar-refractivity contribution in [1.82, 2.24) is 4.37 Å². The fraction of sp³-hybridized carbons (Fsp3) is 0.667. The quantitative estimate of drug-likeness (QED) is 0.739. The van der Waals surface area contributed by atoms with Gasteiger partial charge in [-0.25, -0.2) is 0 Å². The summed E-state index contributed by atoms with van der Waals surface area (Å²) in [6.07, 6.45) is 4.61. The summed E-state index contributed by atoms with van der Waals surface area (Å²) in [5.74, 6) is 1.90. The number of nitrogens with zero attached hydrogens (tertiary/aromatic N) is 1. The maximum Gasteiger partial charge on any atom is 0.142 e. The third-order valence-electron chi connectivity index (χ3n) is 2.02. The highest BCUT2D eigenvalue weighted by atomic mass is 32.2. The molecule has 0 aliphatic rings. The van der Waals surface area contributed by atoms with E-state index in [1.807, 2.05) is 18.7 Å². The van der Waals surface area contributed by atoms with Crippen molar-refractivity contribution in [3.8, 4) is 0 Å². The summed E-state index contributed by atoms with van der Waals surface area (Å²) in [5, 5.41) is 4.48. The number of unbranched alkanes of at least 4 members (excludes halogenated alkanes) is 1. The molecule has 80 valence electrons. The molecule has 0 aliphatic heterocycles. The lowest BCUT2D eigenvalue weighted by molar-refractivity contribution is 0.844. The monoisotopic (exact) mass is 231 g/mol. The van der Waals surface area contributed by atoms with Crippen molar-refractivity contribution >= 4 is 34.1 Å². The van der Waals surface area contributed by atoms with Crippen LogP contribution >= 0.6 is 23.3 Å². The van der Waals surface area contributed by atoms with E-state index in [2.05, 4.69) is 15.9 Å². The number of nitrogen functional groups attached to an aromatic ring is 1. The van der Waals surface area contributed by atoms with Crippen LogP contribution < -0.4 is 11.1 Å². The van der Waals surface area contributed by atoms with Crippen molar-refractivity contribution in [2.75, 3.05) is 29.6 Å². The lowest BCUT2D eigenvalue weighted by Crippen LogP contribution is -2.01. The van der Waals surface area contributed by atoms with Gasteiger partial charge in [0, 0.05) is 12.1 Å². The zero-order valence-electron chi connectivity index (χ0n) is 8.67. The first-order chi connectivity index (χ1) is 6.75. The smallest absolute Gasteiger partial charge is 0.142 e. The van der Waals surface area contributed by atoms with E-state index in [4.69, 9.17) is 5.73 Å². The van der Waals surface area contributed by atoms with Crippen LogP contribution in [-0.4, -0.2) is 22.9 Å². The van der Waals surface area contributed by atoms with Crippen LogP contribution in [0.4, 0.5) is 10.8 Å². The Bertz CT molecular complexity index is 273. The molecule has 0 aliphatic carbocycles. The molecule has 3 nitrogen and oxygen atoms in total. The molecule has 0 atom stereocenters. The first kappa shape index (κ1) is 11.7. The standard InChI is InChI=1S/C9H17N3S2/c1-7-8(10)12-14-9(7)11-5-3-4-6-13-2/h11H,3-6H2,1-2H3,(H2,10,12). The molecular weight excluding hydrogens is 214 g/mol. The van der Waals surface area contributed by atoms with E-state index in [0.717, 1.165) is 17.1 Å². The number of thioether (sulfide) groups is 1. The molecule has 1 heterocycles. The van der Waals surface area contributed by atoms with Gasteiger partial charge in [-0.15, -0.1) is 0 Å². The molecule has 1 aromatic rings. The predicted octanol–water partition coefficient (Wildman–Crippen LogP) is 2.59. The predicted molar refractivity (Wildman–Crippen MR) is 67.4 cm³/mol. The van der Waals surface area contributed by atoms with Gasteiger partial charge in [-0.1, -0.05) is 0 Å². The summed E-state index contributed by atoms with van der Waals surface area (Å²) >= 11 is 3.35. The van der Waals surface area contributed by atoms with Crippen molar-refractivity contribution in [3.63, 3.8) is 0 Å². The number of aromatic nitrogens is 1. The van der Waals surface area contributed by atoms with E-state index in [0.29, 0.717) is 5.82 Å². The zero-order valence-corrected chi connectivity index (χ0v) is 10.3. The number of nitrogens with one attached hydrogen (secondary N) is 1. The van der Waals surface area contributed by atoms with Crippen LogP contribution in [0.3, 0.4) is 0 Å². The molecule has 3 N–H and O–H groups in total. The molecule has 1 rings (SSSR count). The van der Waals surface area contributed by atoms with Gasteiger partial charge in [0.25, 0.3) is 0 Å². The average molecular weight is 231 g/mol. The van der Waals surface area contributed by atoms with E-state index in [1.165, 1.54) is 30.1 Å². The summed E-state index contributed by atoms with van der Waals surface area (Å²) in [6.45, 7) is 3.02. The highest BCUT2D eigenvalue weighted by molar-refractivity contribution is 7.98. The Hall–Kier alpha value is -0.420. The van der Waals surface area contributed by atoms with Gasteiger partial charge in [-0.3, -0.25) is 0 Å². The number of hydrogen-bond acceptors (Lipinski definition) is 5. The van der Waals surface area contributed by atoms with E-state index in [1.54, 1.807) is 0 Å². The Labute approximate surface area is 93.6 Å². The van der Waals surface area contributed by atoms with Gasteiger partial charge in [0.2, 0.25) is 0 Å². The second-order valence-corrected chi connectivity index (χ2v) is 4.91. The fourth-order valence-electron chi connectivity index (χ4n) is 1.09. The van der Waals surface area contributed by atoms with Gasteiger partial charge in [0.05, 0.1) is 0 Å². The van der Waals surface area contributed by atoms with Crippen molar-refractivity contribution in [1.29, 1.82) is 0 Å². The summed E-state index contributed by atoms with van der Waals surface area (Å²) in [7, 11) is 0. The van der Waals surface area contributed by atoms with E-state index >= 15 is 0 Å². The second-order valence-electron chi connectivity index (χ2n) is 3.15. The second kappa shape index (κ2) is 6.14. The fourth-order valence-corrected chi connectivity index (χ4v) is 2.31. The highest BCUT2D eigenvalue weighted by Gasteiger charge is 2.04. The van der Waals surface area contributed by atoms with Gasteiger partial charge in [-0.05, 0) is 43.3 Å². The minimum Gasteiger partial charge on any atom is -0.383 e. The molecule has 0 amide bonds. The molecule has 0 fully saturated rings. The molecule has 1 aromatic heterocycles.